The van der Waals surface area contributed by atoms with Crippen LogP contribution in [0.3, 0.4) is 0 Å². The molecule has 1 heterocycles. The maximum Gasteiger partial charge on any atom is 0.191 e. The van der Waals surface area contributed by atoms with Gasteiger partial charge in [-0.15, -0.1) is 0 Å². The Kier molecular flexibility index (Phi) is 3.97. The summed E-state index contributed by atoms with van der Waals surface area (Å²) in [6.45, 7) is 8.96. The van der Waals surface area contributed by atoms with Gasteiger partial charge in [-0.2, -0.15) is 0 Å². The van der Waals surface area contributed by atoms with E-state index in [2.05, 4.69) is 30.7 Å². The maximum absolute atomic E-state index is 5.93. The minimum atomic E-state index is -0.0329. The van der Waals surface area contributed by atoms with E-state index in [0.29, 0.717) is 18.5 Å². The summed E-state index contributed by atoms with van der Waals surface area (Å²) in [7, 11) is 1.74. The van der Waals surface area contributed by atoms with Crippen LogP contribution in [0.2, 0.25) is 0 Å². The van der Waals surface area contributed by atoms with Gasteiger partial charge in [0.2, 0.25) is 0 Å². The fourth-order valence-corrected chi connectivity index (χ4v) is 2.21. The lowest BCUT2D eigenvalue weighted by Crippen LogP contribution is -2.57. The van der Waals surface area contributed by atoms with E-state index in [-0.39, 0.29) is 5.54 Å². The highest BCUT2D eigenvalue weighted by atomic mass is 16.5. The van der Waals surface area contributed by atoms with Gasteiger partial charge in [0.25, 0.3) is 0 Å². The SMILES string of the molecule is CCCN1C(N)=NCC1(COC)C(C)C. The van der Waals surface area contributed by atoms with Crippen molar-refractivity contribution in [3.63, 3.8) is 0 Å². The first-order valence-corrected chi connectivity index (χ1v) is 5.65. The minimum Gasteiger partial charge on any atom is -0.382 e. The zero-order chi connectivity index (χ0) is 11.5. The van der Waals surface area contributed by atoms with Gasteiger partial charge >= 0.3 is 0 Å². The van der Waals surface area contributed by atoms with Crippen molar-refractivity contribution in [1.29, 1.82) is 0 Å². The molecule has 1 rings (SSSR count). The molecule has 4 heteroatoms. The van der Waals surface area contributed by atoms with Crippen molar-refractivity contribution in [3.05, 3.63) is 0 Å². The van der Waals surface area contributed by atoms with Gasteiger partial charge in [0.1, 0.15) is 0 Å². The van der Waals surface area contributed by atoms with Crippen LogP contribution in [0.5, 0.6) is 0 Å². The molecule has 0 aromatic rings. The number of nitrogens with two attached hydrogens (primary N) is 1. The second-order valence-corrected chi connectivity index (χ2v) is 4.52. The Balaban J connectivity index is 2.88. The Hall–Kier alpha value is -0.770. The first-order chi connectivity index (χ1) is 7.08. The lowest BCUT2D eigenvalue weighted by molar-refractivity contribution is 0.0341. The highest BCUT2D eigenvalue weighted by Gasteiger charge is 2.44. The molecule has 1 aliphatic heterocycles. The van der Waals surface area contributed by atoms with E-state index in [1.165, 1.54) is 0 Å². The quantitative estimate of drug-likeness (QED) is 0.743. The molecule has 0 spiro atoms. The molecule has 0 saturated heterocycles. The highest BCUT2D eigenvalue weighted by molar-refractivity contribution is 5.81. The van der Waals surface area contributed by atoms with Crippen LogP contribution in [0.1, 0.15) is 27.2 Å². The summed E-state index contributed by atoms with van der Waals surface area (Å²) < 4.78 is 5.34. The van der Waals surface area contributed by atoms with Crippen molar-refractivity contribution < 1.29 is 4.74 Å². The highest BCUT2D eigenvalue weighted by Crippen LogP contribution is 2.30. The minimum absolute atomic E-state index is 0.0329. The Morgan fingerprint density at radius 1 is 1.60 bits per heavy atom. The first-order valence-electron chi connectivity index (χ1n) is 5.65. The van der Waals surface area contributed by atoms with Gasteiger partial charge in [0.15, 0.2) is 5.96 Å². The van der Waals surface area contributed by atoms with Crippen molar-refractivity contribution in [3.8, 4) is 0 Å². The summed E-state index contributed by atoms with van der Waals surface area (Å²) in [6.07, 6.45) is 1.08. The molecule has 0 aromatic carbocycles. The summed E-state index contributed by atoms with van der Waals surface area (Å²) >= 11 is 0. The average molecular weight is 213 g/mol. The molecule has 0 bridgehead atoms. The largest absolute Gasteiger partial charge is 0.382 e. The van der Waals surface area contributed by atoms with E-state index in [4.69, 9.17) is 10.5 Å². The Bertz CT molecular complexity index is 240. The molecule has 0 radical (unpaired) electrons. The summed E-state index contributed by atoms with van der Waals surface area (Å²) in [5.74, 6) is 1.15. The summed E-state index contributed by atoms with van der Waals surface area (Å²) in [5.41, 5.74) is 5.90. The van der Waals surface area contributed by atoms with Gasteiger partial charge in [0, 0.05) is 13.7 Å². The fourth-order valence-electron chi connectivity index (χ4n) is 2.21. The molecule has 1 atom stereocenters. The number of aliphatic imine (C=N–C) groups is 1. The standard InChI is InChI=1S/C11H23N3O/c1-5-6-14-10(12)13-7-11(14,8-15-4)9(2)3/h9H,5-8H2,1-4H3,(H2,12,13). The van der Waals surface area contributed by atoms with Crippen molar-refractivity contribution in [2.24, 2.45) is 16.6 Å². The van der Waals surface area contributed by atoms with Crippen LogP contribution >= 0.6 is 0 Å². The zero-order valence-corrected chi connectivity index (χ0v) is 10.3. The van der Waals surface area contributed by atoms with Crippen LogP contribution in [-0.2, 0) is 4.74 Å². The third kappa shape index (κ3) is 2.09. The van der Waals surface area contributed by atoms with E-state index in [1.807, 2.05) is 0 Å². The third-order valence-corrected chi connectivity index (χ3v) is 3.25. The van der Waals surface area contributed by atoms with Crippen LogP contribution in [0.4, 0.5) is 0 Å². The number of ether oxygens (including phenoxy) is 1. The molecule has 0 saturated carbocycles. The predicted molar refractivity (Wildman–Crippen MR) is 62.9 cm³/mol. The molecule has 2 N–H and O–H groups in total. The molecular formula is C11H23N3O. The van der Waals surface area contributed by atoms with Gasteiger partial charge < -0.3 is 15.4 Å². The van der Waals surface area contributed by atoms with Gasteiger partial charge in [-0.1, -0.05) is 20.8 Å². The molecule has 15 heavy (non-hydrogen) atoms. The smallest absolute Gasteiger partial charge is 0.191 e. The van der Waals surface area contributed by atoms with Gasteiger partial charge in [-0.3, -0.25) is 4.99 Å². The number of rotatable bonds is 5. The van der Waals surface area contributed by atoms with Crippen molar-refractivity contribution in [2.45, 2.75) is 32.7 Å². The van der Waals surface area contributed by atoms with Gasteiger partial charge in [0.05, 0.1) is 18.7 Å². The second-order valence-electron chi connectivity index (χ2n) is 4.52. The number of nitrogens with zero attached hydrogens (tertiary/aromatic N) is 2. The predicted octanol–water partition coefficient (Wildman–Crippen LogP) is 1.07. The molecule has 0 fully saturated rings. The van der Waals surface area contributed by atoms with E-state index in [9.17, 15) is 0 Å². The normalized spacial score (nSPS) is 26.2. The molecule has 0 amide bonds. The molecule has 88 valence electrons. The van der Waals surface area contributed by atoms with Crippen molar-refractivity contribution in [1.82, 2.24) is 4.90 Å². The van der Waals surface area contributed by atoms with Crippen molar-refractivity contribution in [2.75, 3.05) is 26.8 Å². The average Bonchev–Trinajstić information content (AvgIpc) is 2.48. The van der Waals surface area contributed by atoms with E-state index in [0.717, 1.165) is 19.5 Å². The molecular weight excluding hydrogens is 190 g/mol. The first kappa shape index (κ1) is 12.3. The van der Waals surface area contributed by atoms with Crippen LogP contribution < -0.4 is 5.73 Å². The van der Waals surface area contributed by atoms with Crippen LogP contribution in [0.25, 0.3) is 0 Å². The molecule has 1 unspecified atom stereocenters. The molecule has 4 nitrogen and oxygen atoms in total. The molecule has 0 aromatic heterocycles. The molecule has 1 aliphatic rings. The van der Waals surface area contributed by atoms with Crippen LogP contribution in [0, 0.1) is 5.92 Å². The number of methoxy groups -OCH3 is 1. The van der Waals surface area contributed by atoms with E-state index >= 15 is 0 Å². The molecule has 0 aliphatic carbocycles. The second kappa shape index (κ2) is 4.84. The Morgan fingerprint density at radius 3 is 2.73 bits per heavy atom. The fraction of sp³-hybridized carbons (Fsp3) is 0.909. The topological polar surface area (TPSA) is 50.8 Å². The maximum atomic E-state index is 5.93. The van der Waals surface area contributed by atoms with Gasteiger partial charge in [-0.05, 0) is 12.3 Å². The Labute approximate surface area is 92.5 Å². The Morgan fingerprint density at radius 2 is 2.27 bits per heavy atom. The van der Waals surface area contributed by atoms with Gasteiger partial charge in [-0.25, -0.2) is 0 Å². The lowest BCUT2D eigenvalue weighted by Gasteiger charge is -2.42. The number of hydrogen-bond acceptors (Lipinski definition) is 4. The summed E-state index contributed by atoms with van der Waals surface area (Å²) in [4.78, 5) is 6.58. The summed E-state index contributed by atoms with van der Waals surface area (Å²) in [5, 5.41) is 0. The lowest BCUT2D eigenvalue weighted by atomic mass is 9.86. The summed E-state index contributed by atoms with van der Waals surface area (Å²) in [6, 6.07) is 0. The van der Waals surface area contributed by atoms with E-state index < -0.39 is 0 Å². The third-order valence-electron chi connectivity index (χ3n) is 3.25. The van der Waals surface area contributed by atoms with Crippen LogP contribution in [0.15, 0.2) is 4.99 Å². The van der Waals surface area contributed by atoms with Crippen LogP contribution in [-0.4, -0.2) is 43.2 Å². The van der Waals surface area contributed by atoms with E-state index in [1.54, 1.807) is 7.11 Å². The number of guanidine groups is 1. The monoisotopic (exact) mass is 213 g/mol. The zero-order valence-electron chi connectivity index (χ0n) is 10.3. The van der Waals surface area contributed by atoms with Crippen molar-refractivity contribution >= 4 is 5.96 Å². The number of hydrogen-bond donors (Lipinski definition) is 1.